The van der Waals surface area contributed by atoms with Crippen LogP contribution in [0.2, 0.25) is 0 Å². The fourth-order valence-electron chi connectivity index (χ4n) is 2.54. The van der Waals surface area contributed by atoms with Crippen molar-refractivity contribution in [1.29, 1.82) is 0 Å². The molecule has 0 saturated carbocycles. The number of aromatic nitrogens is 3. The first kappa shape index (κ1) is 11.4. The molecule has 0 amide bonds. The Balaban J connectivity index is 1.67. The number of fused-ring (bicyclic) bond motifs is 1. The van der Waals surface area contributed by atoms with Gasteiger partial charge < -0.3 is 5.32 Å². The molecular weight excluding hydrogens is 224 g/mol. The van der Waals surface area contributed by atoms with E-state index in [-0.39, 0.29) is 0 Å². The van der Waals surface area contributed by atoms with Crippen LogP contribution in [0.3, 0.4) is 0 Å². The van der Waals surface area contributed by atoms with Crippen molar-refractivity contribution < 1.29 is 0 Å². The second kappa shape index (κ2) is 4.90. The molecule has 2 aromatic rings. The van der Waals surface area contributed by atoms with Crippen molar-refractivity contribution in [2.45, 2.75) is 38.8 Å². The van der Waals surface area contributed by atoms with E-state index in [0.717, 1.165) is 12.4 Å². The van der Waals surface area contributed by atoms with E-state index in [4.69, 9.17) is 0 Å². The monoisotopic (exact) mass is 242 g/mol. The van der Waals surface area contributed by atoms with Crippen LogP contribution in [0.4, 0.5) is 0 Å². The van der Waals surface area contributed by atoms with Crippen LogP contribution in [-0.2, 0) is 19.4 Å². The minimum Gasteiger partial charge on any atom is -0.303 e. The highest BCUT2D eigenvalue weighted by Gasteiger charge is 2.13. The molecule has 2 N–H and O–H groups in total. The van der Waals surface area contributed by atoms with E-state index in [9.17, 15) is 0 Å². The summed E-state index contributed by atoms with van der Waals surface area (Å²) in [7, 11) is 0. The van der Waals surface area contributed by atoms with Crippen LogP contribution in [-0.4, -0.2) is 15.2 Å². The van der Waals surface area contributed by atoms with E-state index in [1.165, 1.54) is 42.3 Å². The summed E-state index contributed by atoms with van der Waals surface area (Å²) in [5, 5.41) is 10.2. The van der Waals surface area contributed by atoms with Gasteiger partial charge in [0.2, 0.25) is 0 Å². The van der Waals surface area contributed by atoms with Gasteiger partial charge in [-0.1, -0.05) is 18.2 Å². The van der Waals surface area contributed by atoms with Crippen molar-refractivity contribution in [3.63, 3.8) is 0 Å². The van der Waals surface area contributed by atoms with Crippen molar-refractivity contribution in [3.05, 3.63) is 47.0 Å². The van der Waals surface area contributed by atoms with Gasteiger partial charge in [-0.25, -0.2) is 4.98 Å². The Morgan fingerprint density at radius 1 is 1.33 bits per heavy atom. The van der Waals surface area contributed by atoms with E-state index in [1.54, 1.807) is 0 Å². The van der Waals surface area contributed by atoms with Crippen molar-refractivity contribution in [1.82, 2.24) is 20.5 Å². The van der Waals surface area contributed by atoms with E-state index in [1.807, 2.05) is 0 Å². The Labute approximate surface area is 107 Å². The highest BCUT2D eigenvalue weighted by molar-refractivity contribution is 5.36. The fourth-order valence-corrected chi connectivity index (χ4v) is 2.54. The minimum atomic E-state index is 0.334. The van der Waals surface area contributed by atoms with E-state index in [0.29, 0.717) is 6.04 Å². The molecule has 0 radical (unpaired) electrons. The lowest BCUT2D eigenvalue weighted by molar-refractivity contribution is 0.560. The molecular formula is C14H18N4. The largest absolute Gasteiger partial charge is 0.303 e. The van der Waals surface area contributed by atoms with Crippen LogP contribution in [0.1, 0.15) is 41.9 Å². The summed E-state index contributed by atoms with van der Waals surface area (Å²) in [4.78, 5) is 4.11. The SMILES string of the molecule is CC(NCc1ncn[nH]1)c1ccc2c(c1)CCC2. The topological polar surface area (TPSA) is 53.6 Å². The van der Waals surface area contributed by atoms with E-state index < -0.39 is 0 Å². The standard InChI is InChI=1S/C14H18N4/c1-10(15-8-14-16-9-17-18-14)12-6-5-11-3-2-4-13(11)7-12/h5-7,9-10,15H,2-4,8H2,1H3,(H,16,17,18). The normalized spacial score (nSPS) is 15.6. The summed E-state index contributed by atoms with van der Waals surface area (Å²) in [6, 6.07) is 7.20. The molecule has 94 valence electrons. The summed E-state index contributed by atoms with van der Waals surface area (Å²) in [6.45, 7) is 2.91. The Morgan fingerprint density at radius 3 is 3.06 bits per heavy atom. The van der Waals surface area contributed by atoms with Gasteiger partial charge >= 0.3 is 0 Å². The summed E-state index contributed by atoms with van der Waals surface area (Å²) in [5.41, 5.74) is 4.41. The van der Waals surface area contributed by atoms with Crippen LogP contribution >= 0.6 is 0 Å². The van der Waals surface area contributed by atoms with Crippen molar-refractivity contribution >= 4 is 0 Å². The zero-order valence-electron chi connectivity index (χ0n) is 10.6. The molecule has 0 spiro atoms. The molecule has 1 aromatic carbocycles. The van der Waals surface area contributed by atoms with Gasteiger partial charge in [0.25, 0.3) is 0 Å². The number of hydrogen-bond donors (Lipinski definition) is 2. The number of rotatable bonds is 4. The van der Waals surface area contributed by atoms with Gasteiger partial charge in [-0.2, -0.15) is 5.10 Å². The van der Waals surface area contributed by atoms with E-state index in [2.05, 4.69) is 45.6 Å². The quantitative estimate of drug-likeness (QED) is 0.863. The third kappa shape index (κ3) is 2.29. The summed E-state index contributed by atoms with van der Waals surface area (Å²) >= 11 is 0. The van der Waals surface area contributed by atoms with Gasteiger partial charge in [-0.05, 0) is 42.9 Å². The van der Waals surface area contributed by atoms with Gasteiger partial charge in [0, 0.05) is 6.04 Å². The molecule has 1 aliphatic rings. The second-order valence-corrected chi connectivity index (χ2v) is 4.92. The first-order valence-corrected chi connectivity index (χ1v) is 6.52. The van der Waals surface area contributed by atoms with Crippen molar-refractivity contribution in [3.8, 4) is 0 Å². The predicted octanol–water partition coefficient (Wildman–Crippen LogP) is 2.14. The molecule has 1 aromatic heterocycles. The molecule has 0 fully saturated rings. The molecule has 1 atom stereocenters. The zero-order chi connectivity index (χ0) is 12.4. The van der Waals surface area contributed by atoms with Crippen molar-refractivity contribution in [2.75, 3.05) is 0 Å². The van der Waals surface area contributed by atoms with Crippen LogP contribution in [0.15, 0.2) is 24.5 Å². The minimum absolute atomic E-state index is 0.334. The van der Waals surface area contributed by atoms with Crippen LogP contribution < -0.4 is 5.32 Å². The third-order valence-corrected chi connectivity index (χ3v) is 3.66. The summed E-state index contributed by atoms with van der Waals surface area (Å²) in [5.74, 6) is 0.878. The highest BCUT2D eigenvalue weighted by Crippen LogP contribution is 2.25. The molecule has 18 heavy (non-hydrogen) atoms. The molecule has 0 saturated heterocycles. The fraction of sp³-hybridized carbons (Fsp3) is 0.429. The zero-order valence-corrected chi connectivity index (χ0v) is 10.6. The van der Waals surface area contributed by atoms with Gasteiger partial charge in [0.15, 0.2) is 0 Å². The average Bonchev–Trinajstić information content (AvgIpc) is 3.05. The second-order valence-electron chi connectivity index (χ2n) is 4.92. The van der Waals surface area contributed by atoms with E-state index >= 15 is 0 Å². The highest BCUT2D eigenvalue weighted by atomic mass is 15.2. The van der Waals surface area contributed by atoms with Crippen LogP contribution in [0.5, 0.6) is 0 Å². The maximum absolute atomic E-state index is 4.11. The maximum Gasteiger partial charge on any atom is 0.138 e. The van der Waals surface area contributed by atoms with Gasteiger partial charge in [-0.3, -0.25) is 5.10 Å². The number of nitrogens with one attached hydrogen (secondary N) is 2. The molecule has 1 heterocycles. The Kier molecular flexibility index (Phi) is 3.11. The number of aromatic amines is 1. The first-order valence-electron chi connectivity index (χ1n) is 6.52. The van der Waals surface area contributed by atoms with Crippen LogP contribution in [0, 0.1) is 0 Å². The lowest BCUT2D eigenvalue weighted by Crippen LogP contribution is -2.19. The Hall–Kier alpha value is -1.68. The van der Waals surface area contributed by atoms with Gasteiger partial charge in [0.05, 0.1) is 6.54 Å². The number of nitrogens with zero attached hydrogens (tertiary/aromatic N) is 2. The molecule has 1 unspecified atom stereocenters. The molecule has 0 bridgehead atoms. The molecule has 0 aliphatic heterocycles. The summed E-state index contributed by atoms with van der Waals surface area (Å²) in [6.07, 6.45) is 5.32. The molecule has 4 nitrogen and oxygen atoms in total. The molecule has 4 heteroatoms. The Bertz CT molecular complexity index is 519. The molecule has 3 rings (SSSR count). The third-order valence-electron chi connectivity index (χ3n) is 3.66. The Morgan fingerprint density at radius 2 is 2.22 bits per heavy atom. The van der Waals surface area contributed by atoms with Crippen LogP contribution in [0.25, 0.3) is 0 Å². The molecule has 1 aliphatic carbocycles. The number of benzene rings is 1. The smallest absolute Gasteiger partial charge is 0.138 e. The van der Waals surface area contributed by atoms with Crippen molar-refractivity contribution in [2.24, 2.45) is 0 Å². The maximum atomic E-state index is 4.11. The lowest BCUT2D eigenvalue weighted by atomic mass is 10.0. The average molecular weight is 242 g/mol. The van der Waals surface area contributed by atoms with Gasteiger partial charge in [0.1, 0.15) is 12.2 Å². The lowest BCUT2D eigenvalue weighted by Gasteiger charge is -2.14. The summed E-state index contributed by atoms with van der Waals surface area (Å²) < 4.78 is 0. The number of aryl methyl sites for hydroxylation is 2. The first-order chi connectivity index (χ1) is 8.83. The number of hydrogen-bond acceptors (Lipinski definition) is 3. The van der Waals surface area contributed by atoms with Gasteiger partial charge in [-0.15, -0.1) is 0 Å². The predicted molar refractivity (Wildman–Crippen MR) is 70.1 cm³/mol. The number of H-pyrrole nitrogens is 1.